The maximum Gasteiger partial charge on any atom is 0.338 e. The summed E-state index contributed by atoms with van der Waals surface area (Å²) >= 11 is 0. The second-order valence-electron chi connectivity index (χ2n) is 7.41. The van der Waals surface area contributed by atoms with Gasteiger partial charge in [0.05, 0.1) is 18.2 Å². The molecule has 6 heteroatoms. The molecule has 0 saturated carbocycles. The summed E-state index contributed by atoms with van der Waals surface area (Å²) in [4.78, 5) is 24.6. The minimum absolute atomic E-state index is 0.227. The number of benzene rings is 2. The summed E-state index contributed by atoms with van der Waals surface area (Å²) in [6.45, 7) is 6.44. The lowest BCUT2D eigenvalue weighted by atomic mass is 9.95. The third-order valence-electron chi connectivity index (χ3n) is 4.50. The molecule has 152 valence electrons. The molecule has 0 aromatic heterocycles. The summed E-state index contributed by atoms with van der Waals surface area (Å²) in [5.74, 6) is 0.506. The molecule has 1 aliphatic rings. The van der Waals surface area contributed by atoms with Crippen LogP contribution < -0.4 is 15.4 Å². The highest BCUT2D eigenvalue weighted by atomic mass is 16.5. The Hall–Kier alpha value is -3.28. The predicted octanol–water partition coefficient (Wildman–Crippen LogP) is 4.09. The number of esters is 1. The molecule has 0 bridgehead atoms. The first kappa shape index (κ1) is 20.5. The van der Waals surface area contributed by atoms with Crippen LogP contribution in [0.1, 0.15) is 37.9 Å². The summed E-state index contributed by atoms with van der Waals surface area (Å²) in [7, 11) is 0. The number of amides is 2. The van der Waals surface area contributed by atoms with Gasteiger partial charge in [-0.15, -0.1) is 0 Å². The molecule has 29 heavy (non-hydrogen) atoms. The highest BCUT2D eigenvalue weighted by molar-refractivity contribution is 5.95. The van der Waals surface area contributed by atoms with Crippen LogP contribution in [-0.2, 0) is 16.1 Å². The SMILES string of the molecule is CC1=C(C(=O)OCC(C)C)[C@H](c2ccc(OCc3ccccc3)cc2)NC(=O)N1. The molecule has 0 fully saturated rings. The van der Waals surface area contributed by atoms with Crippen molar-refractivity contribution in [1.82, 2.24) is 10.6 Å². The summed E-state index contributed by atoms with van der Waals surface area (Å²) in [5, 5.41) is 5.46. The van der Waals surface area contributed by atoms with Crippen LogP contribution in [-0.4, -0.2) is 18.6 Å². The Morgan fingerprint density at radius 1 is 1.07 bits per heavy atom. The Kier molecular flexibility index (Phi) is 6.54. The Morgan fingerprint density at radius 2 is 1.76 bits per heavy atom. The predicted molar refractivity (Wildman–Crippen MR) is 110 cm³/mol. The van der Waals surface area contributed by atoms with Crippen LogP contribution >= 0.6 is 0 Å². The van der Waals surface area contributed by atoms with Crippen molar-refractivity contribution in [2.24, 2.45) is 5.92 Å². The summed E-state index contributed by atoms with van der Waals surface area (Å²) in [6, 6.07) is 16.3. The first-order valence-electron chi connectivity index (χ1n) is 9.66. The Bertz CT molecular complexity index is 889. The fourth-order valence-electron chi connectivity index (χ4n) is 3.03. The molecule has 2 aromatic carbocycles. The van der Waals surface area contributed by atoms with Crippen molar-refractivity contribution >= 4 is 12.0 Å². The largest absolute Gasteiger partial charge is 0.489 e. The number of allylic oxidation sites excluding steroid dienone is 1. The zero-order valence-electron chi connectivity index (χ0n) is 16.9. The van der Waals surface area contributed by atoms with E-state index in [1.165, 1.54) is 0 Å². The van der Waals surface area contributed by atoms with Crippen LogP contribution in [0.3, 0.4) is 0 Å². The molecular formula is C23H26N2O4. The van der Waals surface area contributed by atoms with Gasteiger partial charge in [-0.05, 0) is 36.1 Å². The Balaban J connectivity index is 1.75. The van der Waals surface area contributed by atoms with Crippen LogP contribution in [0.5, 0.6) is 5.75 Å². The zero-order valence-corrected chi connectivity index (χ0v) is 16.9. The van der Waals surface area contributed by atoms with Crippen molar-refractivity contribution in [3.8, 4) is 5.75 Å². The monoisotopic (exact) mass is 394 g/mol. The van der Waals surface area contributed by atoms with E-state index in [2.05, 4.69) is 10.6 Å². The smallest absolute Gasteiger partial charge is 0.338 e. The lowest BCUT2D eigenvalue weighted by molar-refractivity contribution is -0.140. The van der Waals surface area contributed by atoms with Gasteiger partial charge in [0.25, 0.3) is 0 Å². The van der Waals surface area contributed by atoms with E-state index in [4.69, 9.17) is 9.47 Å². The average Bonchev–Trinajstić information content (AvgIpc) is 2.71. The number of ether oxygens (including phenoxy) is 2. The first-order valence-corrected chi connectivity index (χ1v) is 9.66. The molecule has 1 aliphatic heterocycles. The molecule has 2 aromatic rings. The summed E-state index contributed by atoms with van der Waals surface area (Å²) in [5.41, 5.74) is 2.76. The molecule has 2 amide bonds. The second kappa shape index (κ2) is 9.28. The van der Waals surface area contributed by atoms with Gasteiger partial charge in [-0.25, -0.2) is 9.59 Å². The van der Waals surface area contributed by atoms with E-state index in [0.717, 1.165) is 11.1 Å². The number of nitrogens with one attached hydrogen (secondary N) is 2. The van der Waals surface area contributed by atoms with Crippen LogP contribution in [0.2, 0.25) is 0 Å². The van der Waals surface area contributed by atoms with E-state index in [0.29, 0.717) is 30.2 Å². The number of rotatable bonds is 7. The first-order chi connectivity index (χ1) is 13.9. The van der Waals surface area contributed by atoms with Gasteiger partial charge in [0.15, 0.2) is 0 Å². The molecule has 2 N–H and O–H groups in total. The average molecular weight is 394 g/mol. The van der Waals surface area contributed by atoms with Gasteiger partial charge >= 0.3 is 12.0 Å². The van der Waals surface area contributed by atoms with E-state index in [-0.39, 0.29) is 11.9 Å². The van der Waals surface area contributed by atoms with Crippen molar-refractivity contribution in [2.75, 3.05) is 6.61 Å². The van der Waals surface area contributed by atoms with E-state index in [1.807, 2.05) is 68.4 Å². The Morgan fingerprint density at radius 3 is 2.41 bits per heavy atom. The molecule has 0 unspecified atom stereocenters. The van der Waals surface area contributed by atoms with Crippen LogP contribution in [0, 0.1) is 5.92 Å². The van der Waals surface area contributed by atoms with E-state index >= 15 is 0 Å². The quantitative estimate of drug-likeness (QED) is 0.694. The highest BCUT2D eigenvalue weighted by Gasteiger charge is 2.32. The molecule has 0 saturated heterocycles. The molecular weight excluding hydrogens is 368 g/mol. The Labute approximate surface area is 170 Å². The molecule has 6 nitrogen and oxygen atoms in total. The molecule has 0 spiro atoms. The zero-order chi connectivity index (χ0) is 20.8. The van der Waals surface area contributed by atoms with Crippen molar-refractivity contribution in [2.45, 2.75) is 33.4 Å². The molecule has 3 rings (SSSR count). The third kappa shape index (κ3) is 5.38. The number of hydrogen-bond acceptors (Lipinski definition) is 4. The van der Waals surface area contributed by atoms with Gasteiger partial charge in [-0.3, -0.25) is 0 Å². The summed E-state index contributed by atoms with van der Waals surface area (Å²) in [6.07, 6.45) is 0. The van der Waals surface area contributed by atoms with Gasteiger partial charge in [0.1, 0.15) is 12.4 Å². The molecule has 0 radical (unpaired) electrons. The van der Waals surface area contributed by atoms with E-state index in [9.17, 15) is 9.59 Å². The normalized spacial score (nSPS) is 16.3. The van der Waals surface area contributed by atoms with Crippen molar-refractivity contribution in [3.05, 3.63) is 77.0 Å². The summed E-state index contributed by atoms with van der Waals surface area (Å²) < 4.78 is 11.2. The minimum Gasteiger partial charge on any atom is -0.489 e. The van der Waals surface area contributed by atoms with Crippen molar-refractivity contribution in [1.29, 1.82) is 0 Å². The van der Waals surface area contributed by atoms with Gasteiger partial charge in [-0.1, -0.05) is 56.3 Å². The molecule has 1 heterocycles. The van der Waals surface area contributed by atoms with Crippen molar-refractivity contribution in [3.63, 3.8) is 0 Å². The van der Waals surface area contributed by atoms with Crippen LogP contribution in [0.4, 0.5) is 4.79 Å². The topological polar surface area (TPSA) is 76.7 Å². The van der Waals surface area contributed by atoms with E-state index in [1.54, 1.807) is 6.92 Å². The van der Waals surface area contributed by atoms with Gasteiger partial charge in [0.2, 0.25) is 0 Å². The van der Waals surface area contributed by atoms with Gasteiger partial charge in [0, 0.05) is 5.70 Å². The number of urea groups is 1. The molecule has 1 atom stereocenters. The van der Waals surface area contributed by atoms with Gasteiger partial charge < -0.3 is 20.1 Å². The third-order valence-corrected chi connectivity index (χ3v) is 4.50. The maximum atomic E-state index is 12.6. The van der Waals surface area contributed by atoms with Crippen LogP contribution in [0.25, 0.3) is 0 Å². The standard InChI is InChI=1S/C23H26N2O4/c1-15(2)13-29-22(26)20-16(3)24-23(27)25-21(20)18-9-11-19(12-10-18)28-14-17-7-5-4-6-8-17/h4-12,15,21H,13-14H2,1-3H3,(H2,24,25,27)/t21-/m0/s1. The van der Waals surface area contributed by atoms with E-state index < -0.39 is 12.0 Å². The maximum absolute atomic E-state index is 12.6. The fourth-order valence-corrected chi connectivity index (χ4v) is 3.03. The lowest BCUT2D eigenvalue weighted by Crippen LogP contribution is -2.45. The number of hydrogen-bond donors (Lipinski definition) is 2. The highest BCUT2D eigenvalue weighted by Crippen LogP contribution is 2.29. The number of carbonyl (C=O) groups is 2. The minimum atomic E-state index is -0.577. The van der Waals surface area contributed by atoms with Crippen molar-refractivity contribution < 1.29 is 19.1 Å². The second-order valence-corrected chi connectivity index (χ2v) is 7.41. The van der Waals surface area contributed by atoms with Crippen LogP contribution in [0.15, 0.2) is 65.9 Å². The number of carbonyl (C=O) groups excluding carboxylic acids is 2. The lowest BCUT2D eigenvalue weighted by Gasteiger charge is -2.28. The fraction of sp³-hybridized carbons (Fsp3) is 0.304. The van der Waals surface area contributed by atoms with Gasteiger partial charge in [-0.2, -0.15) is 0 Å². The molecule has 0 aliphatic carbocycles.